The van der Waals surface area contributed by atoms with Gasteiger partial charge in [-0.2, -0.15) is 0 Å². The SMILES string of the molecule is CN1CCN([C@@H](CNC(=O)C(=O)NCCCO)c2ccc(N(C)C)cc2)CC1. The molecule has 0 spiro atoms. The molecule has 28 heavy (non-hydrogen) atoms. The van der Waals surface area contributed by atoms with E-state index in [0.717, 1.165) is 37.4 Å². The normalized spacial score (nSPS) is 16.4. The second kappa shape index (κ2) is 11.0. The van der Waals surface area contributed by atoms with Crippen LogP contribution >= 0.6 is 0 Å². The molecule has 2 rings (SSSR count). The van der Waals surface area contributed by atoms with Gasteiger partial charge in [0.25, 0.3) is 0 Å². The van der Waals surface area contributed by atoms with E-state index >= 15 is 0 Å². The van der Waals surface area contributed by atoms with Gasteiger partial charge >= 0.3 is 11.8 Å². The first-order chi connectivity index (χ1) is 13.4. The van der Waals surface area contributed by atoms with Gasteiger partial charge in [0.15, 0.2) is 0 Å². The fraction of sp³-hybridized carbons (Fsp3) is 0.600. The maximum Gasteiger partial charge on any atom is 0.309 e. The Labute approximate surface area is 167 Å². The molecule has 1 heterocycles. The number of aliphatic hydroxyl groups excluding tert-OH is 1. The van der Waals surface area contributed by atoms with E-state index in [1.165, 1.54) is 0 Å². The summed E-state index contributed by atoms with van der Waals surface area (Å²) in [6, 6.07) is 8.33. The molecule has 2 amide bonds. The number of benzene rings is 1. The third kappa shape index (κ3) is 6.47. The summed E-state index contributed by atoms with van der Waals surface area (Å²) in [5, 5.41) is 14.1. The number of aliphatic hydroxyl groups is 1. The van der Waals surface area contributed by atoms with E-state index in [0.29, 0.717) is 13.0 Å². The van der Waals surface area contributed by atoms with Crippen LogP contribution in [0.5, 0.6) is 0 Å². The lowest BCUT2D eigenvalue weighted by Crippen LogP contribution is -2.49. The van der Waals surface area contributed by atoms with Gasteiger partial charge in [-0.15, -0.1) is 0 Å². The molecular weight excluding hydrogens is 358 g/mol. The monoisotopic (exact) mass is 391 g/mol. The molecule has 0 aromatic heterocycles. The molecule has 0 radical (unpaired) electrons. The molecule has 1 aliphatic heterocycles. The first-order valence-electron chi connectivity index (χ1n) is 9.79. The molecule has 1 aromatic carbocycles. The minimum absolute atomic E-state index is 0.0131. The molecule has 8 heteroatoms. The van der Waals surface area contributed by atoms with Crippen molar-refractivity contribution in [3.05, 3.63) is 29.8 Å². The number of rotatable bonds is 8. The van der Waals surface area contributed by atoms with Crippen LogP contribution in [0.4, 0.5) is 5.69 Å². The Morgan fingerprint density at radius 3 is 2.25 bits per heavy atom. The zero-order chi connectivity index (χ0) is 20.5. The van der Waals surface area contributed by atoms with Crippen molar-refractivity contribution in [2.45, 2.75) is 12.5 Å². The van der Waals surface area contributed by atoms with Crippen molar-refractivity contribution in [2.24, 2.45) is 0 Å². The number of nitrogens with one attached hydrogen (secondary N) is 2. The lowest BCUT2D eigenvalue weighted by Gasteiger charge is -2.38. The van der Waals surface area contributed by atoms with Crippen molar-refractivity contribution in [1.29, 1.82) is 0 Å². The van der Waals surface area contributed by atoms with E-state index in [4.69, 9.17) is 5.11 Å². The Bertz CT molecular complexity index is 627. The predicted octanol–water partition coefficient (Wildman–Crippen LogP) is -0.344. The molecular formula is C20H33N5O3. The van der Waals surface area contributed by atoms with Gasteiger partial charge in [0.05, 0.1) is 6.04 Å². The molecule has 8 nitrogen and oxygen atoms in total. The van der Waals surface area contributed by atoms with E-state index in [1.807, 2.05) is 19.0 Å². The van der Waals surface area contributed by atoms with Crippen molar-refractivity contribution in [1.82, 2.24) is 20.4 Å². The Morgan fingerprint density at radius 1 is 1.07 bits per heavy atom. The molecule has 1 atom stereocenters. The molecule has 1 aliphatic rings. The predicted molar refractivity (Wildman–Crippen MR) is 110 cm³/mol. The Kier molecular flexibility index (Phi) is 8.69. The summed E-state index contributed by atoms with van der Waals surface area (Å²) < 4.78 is 0. The quantitative estimate of drug-likeness (QED) is 0.415. The van der Waals surface area contributed by atoms with Crippen LogP contribution in [0.15, 0.2) is 24.3 Å². The number of amides is 2. The van der Waals surface area contributed by atoms with E-state index in [1.54, 1.807) is 0 Å². The van der Waals surface area contributed by atoms with Gasteiger partial charge in [0, 0.05) is 65.7 Å². The van der Waals surface area contributed by atoms with Crippen LogP contribution in [0.1, 0.15) is 18.0 Å². The number of hydrogen-bond donors (Lipinski definition) is 3. The van der Waals surface area contributed by atoms with Gasteiger partial charge in [0.2, 0.25) is 0 Å². The summed E-state index contributed by atoms with van der Waals surface area (Å²) >= 11 is 0. The highest BCUT2D eigenvalue weighted by molar-refractivity contribution is 6.35. The summed E-state index contributed by atoms with van der Waals surface area (Å²) in [4.78, 5) is 30.7. The van der Waals surface area contributed by atoms with Crippen molar-refractivity contribution >= 4 is 17.5 Å². The maximum absolute atomic E-state index is 12.1. The number of likely N-dealkylation sites (N-methyl/N-ethyl adjacent to an activating group) is 1. The molecule has 0 bridgehead atoms. The van der Waals surface area contributed by atoms with Crippen LogP contribution in [-0.4, -0.2) is 93.7 Å². The smallest absolute Gasteiger partial charge is 0.309 e. The number of carbonyl (C=O) groups is 2. The van der Waals surface area contributed by atoms with E-state index in [9.17, 15) is 9.59 Å². The largest absolute Gasteiger partial charge is 0.396 e. The zero-order valence-electron chi connectivity index (χ0n) is 17.1. The van der Waals surface area contributed by atoms with Gasteiger partial charge in [-0.3, -0.25) is 14.5 Å². The van der Waals surface area contributed by atoms with Crippen LogP contribution in [-0.2, 0) is 9.59 Å². The zero-order valence-corrected chi connectivity index (χ0v) is 17.1. The number of piperazine rings is 1. The minimum Gasteiger partial charge on any atom is -0.396 e. The third-order valence-electron chi connectivity index (χ3n) is 5.06. The second-order valence-corrected chi connectivity index (χ2v) is 7.38. The molecule has 1 aromatic rings. The first-order valence-corrected chi connectivity index (χ1v) is 9.79. The van der Waals surface area contributed by atoms with E-state index in [-0.39, 0.29) is 19.2 Å². The third-order valence-corrected chi connectivity index (χ3v) is 5.06. The van der Waals surface area contributed by atoms with E-state index < -0.39 is 11.8 Å². The fourth-order valence-corrected chi connectivity index (χ4v) is 3.22. The molecule has 156 valence electrons. The standard InChI is InChI=1S/C20H33N5O3/c1-23(2)17-7-5-16(6-8-17)18(25-12-10-24(3)11-13-25)15-22-20(28)19(27)21-9-4-14-26/h5-8,18,26H,4,9-15H2,1-3H3,(H,21,27)(H,22,28)/t18-/m0/s1. The Morgan fingerprint density at radius 2 is 1.68 bits per heavy atom. The van der Waals surface area contributed by atoms with Gasteiger partial charge in [-0.1, -0.05) is 12.1 Å². The highest BCUT2D eigenvalue weighted by Crippen LogP contribution is 2.24. The molecule has 1 fully saturated rings. The minimum atomic E-state index is -0.659. The maximum atomic E-state index is 12.1. The number of hydrogen-bond acceptors (Lipinski definition) is 6. The number of nitrogens with zero attached hydrogens (tertiary/aromatic N) is 3. The second-order valence-electron chi connectivity index (χ2n) is 7.38. The summed E-state index contributed by atoms with van der Waals surface area (Å²) in [7, 11) is 6.11. The Hall–Kier alpha value is -2.16. The summed E-state index contributed by atoms with van der Waals surface area (Å²) in [6.45, 7) is 4.41. The topological polar surface area (TPSA) is 88.1 Å². The summed E-state index contributed by atoms with van der Waals surface area (Å²) in [5.74, 6) is -1.30. The van der Waals surface area contributed by atoms with Crippen molar-refractivity contribution in [3.8, 4) is 0 Å². The van der Waals surface area contributed by atoms with Gasteiger partial charge in [-0.05, 0) is 31.2 Å². The number of carbonyl (C=O) groups excluding carboxylic acids is 2. The van der Waals surface area contributed by atoms with Crippen LogP contribution < -0.4 is 15.5 Å². The molecule has 1 saturated heterocycles. The molecule has 0 unspecified atom stereocenters. The van der Waals surface area contributed by atoms with E-state index in [2.05, 4.69) is 51.7 Å². The highest BCUT2D eigenvalue weighted by Gasteiger charge is 2.25. The van der Waals surface area contributed by atoms with Gasteiger partial charge in [0.1, 0.15) is 0 Å². The lowest BCUT2D eigenvalue weighted by atomic mass is 10.0. The lowest BCUT2D eigenvalue weighted by molar-refractivity contribution is -0.139. The van der Waals surface area contributed by atoms with Crippen molar-refractivity contribution in [3.63, 3.8) is 0 Å². The summed E-state index contributed by atoms with van der Waals surface area (Å²) in [6.07, 6.45) is 0.432. The van der Waals surface area contributed by atoms with Crippen molar-refractivity contribution < 1.29 is 14.7 Å². The van der Waals surface area contributed by atoms with Crippen molar-refractivity contribution in [2.75, 3.05) is 71.9 Å². The Balaban J connectivity index is 2.04. The molecule has 0 saturated carbocycles. The summed E-state index contributed by atoms with van der Waals surface area (Å²) in [5.41, 5.74) is 2.24. The van der Waals surface area contributed by atoms with Gasteiger partial charge < -0.3 is 25.5 Å². The molecule has 3 N–H and O–H groups in total. The van der Waals surface area contributed by atoms with Crippen LogP contribution in [0, 0.1) is 0 Å². The van der Waals surface area contributed by atoms with Gasteiger partial charge in [-0.25, -0.2) is 0 Å². The van der Waals surface area contributed by atoms with Crippen LogP contribution in [0.2, 0.25) is 0 Å². The highest BCUT2D eigenvalue weighted by atomic mass is 16.3. The number of anilines is 1. The fourth-order valence-electron chi connectivity index (χ4n) is 3.22. The van der Waals surface area contributed by atoms with Crippen LogP contribution in [0.25, 0.3) is 0 Å². The average Bonchev–Trinajstić information content (AvgIpc) is 2.69. The molecule has 0 aliphatic carbocycles. The first kappa shape index (κ1) is 22.1. The van der Waals surface area contributed by atoms with Crippen LogP contribution in [0.3, 0.4) is 0 Å². The average molecular weight is 392 g/mol.